The number of methoxy groups -OCH3 is 1. The first kappa shape index (κ1) is 14.3. The maximum absolute atomic E-state index is 10.5. The number of aliphatic carboxylic acids is 1. The van der Waals surface area contributed by atoms with E-state index in [9.17, 15) is 4.79 Å². The maximum Gasteiger partial charge on any atom is 0.317 e. The molecular formula is C9H19NO5. The molecule has 0 spiro atoms. The summed E-state index contributed by atoms with van der Waals surface area (Å²) in [5.41, 5.74) is 0. The Morgan fingerprint density at radius 2 is 1.93 bits per heavy atom. The lowest BCUT2D eigenvalue weighted by atomic mass is 10.4. The highest BCUT2D eigenvalue weighted by molar-refractivity contribution is 5.69. The monoisotopic (exact) mass is 221 g/mol. The second-order valence-electron chi connectivity index (χ2n) is 3.00. The van der Waals surface area contributed by atoms with Gasteiger partial charge in [-0.15, -0.1) is 0 Å². The fourth-order valence-electron chi connectivity index (χ4n) is 1.04. The summed E-state index contributed by atoms with van der Waals surface area (Å²) in [7, 11) is 1.57. The van der Waals surface area contributed by atoms with Gasteiger partial charge < -0.3 is 19.7 Å². The number of carbonyl (C=O) groups is 1. The van der Waals surface area contributed by atoms with Crippen molar-refractivity contribution in [3.63, 3.8) is 0 Å². The van der Waals surface area contributed by atoms with Crippen molar-refractivity contribution in [2.75, 3.05) is 53.2 Å². The summed E-state index contributed by atoms with van der Waals surface area (Å²) in [5.74, 6) is -0.867. The van der Waals surface area contributed by atoms with Gasteiger partial charge in [-0.3, -0.25) is 9.69 Å². The number of rotatable bonds is 10. The van der Waals surface area contributed by atoms with Crippen molar-refractivity contribution < 1.29 is 24.5 Å². The highest BCUT2D eigenvalue weighted by Gasteiger charge is 2.08. The van der Waals surface area contributed by atoms with E-state index in [0.29, 0.717) is 26.3 Å². The Balaban J connectivity index is 3.64. The standard InChI is InChI=1S/C9H19NO5/c1-14-5-2-10(8-9(12)13)3-6-15-7-4-11/h11H,2-8H2,1H3,(H,12,13). The van der Waals surface area contributed by atoms with E-state index >= 15 is 0 Å². The van der Waals surface area contributed by atoms with Gasteiger partial charge in [0.25, 0.3) is 0 Å². The smallest absolute Gasteiger partial charge is 0.317 e. The van der Waals surface area contributed by atoms with Gasteiger partial charge >= 0.3 is 5.97 Å². The van der Waals surface area contributed by atoms with Gasteiger partial charge in [-0.25, -0.2) is 0 Å². The van der Waals surface area contributed by atoms with Crippen molar-refractivity contribution in [3.8, 4) is 0 Å². The topological polar surface area (TPSA) is 79.2 Å². The molecule has 0 rings (SSSR count). The average Bonchev–Trinajstić information content (AvgIpc) is 2.19. The summed E-state index contributed by atoms with van der Waals surface area (Å²) >= 11 is 0. The van der Waals surface area contributed by atoms with Crippen LogP contribution in [0.5, 0.6) is 0 Å². The molecule has 0 aromatic heterocycles. The minimum absolute atomic E-state index is 0.0169. The lowest BCUT2D eigenvalue weighted by Crippen LogP contribution is -2.35. The molecular weight excluding hydrogens is 202 g/mol. The van der Waals surface area contributed by atoms with Gasteiger partial charge in [-0.2, -0.15) is 0 Å². The van der Waals surface area contributed by atoms with Crippen LogP contribution in [-0.4, -0.2) is 74.3 Å². The first-order chi connectivity index (χ1) is 7.20. The third kappa shape index (κ3) is 9.61. The average molecular weight is 221 g/mol. The summed E-state index contributed by atoms with van der Waals surface area (Å²) in [6.45, 7) is 2.24. The molecule has 0 aromatic rings. The molecule has 0 saturated carbocycles. The predicted molar refractivity (Wildman–Crippen MR) is 53.9 cm³/mol. The molecule has 0 atom stereocenters. The molecule has 6 nitrogen and oxygen atoms in total. The van der Waals surface area contributed by atoms with Crippen LogP contribution < -0.4 is 0 Å². The van der Waals surface area contributed by atoms with Crippen LogP contribution in [0.3, 0.4) is 0 Å². The number of aliphatic hydroxyl groups is 1. The van der Waals surface area contributed by atoms with E-state index in [1.54, 1.807) is 12.0 Å². The number of nitrogens with zero attached hydrogens (tertiary/aromatic N) is 1. The molecule has 0 bridgehead atoms. The summed E-state index contributed by atoms with van der Waals surface area (Å²) in [6.07, 6.45) is 0. The number of carboxylic acids is 1. The van der Waals surface area contributed by atoms with Crippen molar-refractivity contribution in [3.05, 3.63) is 0 Å². The van der Waals surface area contributed by atoms with E-state index in [2.05, 4.69) is 0 Å². The van der Waals surface area contributed by atoms with Crippen LogP contribution in [0.2, 0.25) is 0 Å². The van der Waals surface area contributed by atoms with E-state index in [1.807, 2.05) is 0 Å². The van der Waals surface area contributed by atoms with E-state index in [-0.39, 0.29) is 19.8 Å². The number of aliphatic hydroxyl groups excluding tert-OH is 1. The number of carboxylic acid groups (broad SMARTS) is 1. The maximum atomic E-state index is 10.5. The van der Waals surface area contributed by atoms with Crippen LogP contribution in [0.15, 0.2) is 0 Å². The van der Waals surface area contributed by atoms with Crippen LogP contribution in [0.4, 0.5) is 0 Å². The Kier molecular flexibility index (Phi) is 9.40. The number of hydrogen-bond donors (Lipinski definition) is 2. The van der Waals surface area contributed by atoms with Crippen LogP contribution in [0.25, 0.3) is 0 Å². The first-order valence-corrected chi connectivity index (χ1v) is 4.82. The van der Waals surface area contributed by atoms with E-state index in [1.165, 1.54) is 0 Å². The molecule has 0 saturated heterocycles. The zero-order chi connectivity index (χ0) is 11.5. The second-order valence-corrected chi connectivity index (χ2v) is 3.00. The quantitative estimate of drug-likeness (QED) is 0.462. The van der Waals surface area contributed by atoms with Gasteiger partial charge in [0.1, 0.15) is 0 Å². The van der Waals surface area contributed by atoms with Crippen molar-refractivity contribution >= 4 is 5.97 Å². The molecule has 0 aliphatic carbocycles. The van der Waals surface area contributed by atoms with Crippen molar-refractivity contribution in [2.45, 2.75) is 0 Å². The SMILES string of the molecule is COCCN(CCOCCO)CC(=O)O. The van der Waals surface area contributed by atoms with E-state index in [4.69, 9.17) is 19.7 Å². The highest BCUT2D eigenvalue weighted by atomic mass is 16.5. The zero-order valence-corrected chi connectivity index (χ0v) is 9.02. The lowest BCUT2D eigenvalue weighted by Gasteiger charge is -2.19. The van der Waals surface area contributed by atoms with Gasteiger partial charge in [0.15, 0.2) is 0 Å². The molecule has 0 aliphatic heterocycles. The van der Waals surface area contributed by atoms with E-state index < -0.39 is 5.97 Å². The van der Waals surface area contributed by atoms with E-state index in [0.717, 1.165) is 0 Å². The Morgan fingerprint density at radius 3 is 2.47 bits per heavy atom. The highest BCUT2D eigenvalue weighted by Crippen LogP contribution is 1.89. The first-order valence-electron chi connectivity index (χ1n) is 4.82. The van der Waals surface area contributed by atoms with Gasteiger partial charge in [-0.05, 0) is 0 Å². The molecule has 90 valence electrons. The second kappa shape index (κ2) is 9.85. The van der Waals surface area contributed by atoms with Crippen molar-refractivity contribution in [1.29, 1.82) is 0 Å². The largest absolute Gasteiger partial charge is 0.480 e. The van der Waals surface area contributed by atoms with Crippen molar-refractivity contribution in [2.24, 2.45) is 0 Å². The molecule has 0 unspecified atom stereocenters. The van der Waals surface area contributed by atoms with Gasteiger partial charge in [0, 0.05) is 20.2 Å². The number of ether oxygens (including phenoxy) is 2. The third-order valence-electron chi connectivity index (χ3n) is 1.76. The molecule has 0 radical (unpaired) electrons. The normalized spacial score (nSPS) is 10.9. The minimum Gasteiger partial charge on any atom is -0.480 e. The van der Waals surface area contributed by atoms with Crippen LogP contribution >= 0.6 is 0 Å². The molecule has 0 fully saturated rings. The summed E-state index contributed by atoms with van der Waals surface area (Å²) in [4.78, 5) is 12.2. The van der Waals surface area contributed by atoms with Crippen molar-refractivity contribution in [1.82, 2.24) is 4.90 Å². The molecule has 0 heterocycles. The minimum atomic E-state index is -0.867. The lowest BCUT2D eigenvalue weighted by molar-refractivity contribution is -0.138. The Morgan fingerprint density at radius 1 is 1.27 bits per heavy atom. The van der Waals surface area contributed by atoms with Crippen LogP contribution in [0, 0.1) is 0 Å². The summed E-state index contributed by atoms with van der Waals surface area (Å²) < 4.78 is 9.92. The predicted octanol–water partition coefficient (Wildman–Crippen LogP) is -0.972. The molecule has 0 aliphatic rings. The Labute approximate surface area is 89.4 Å². The van der Waals surface area contributed by atoms with Crippen LogP contribution in [0.1, 0.15) is 0 Å². The fraction of sp³-hybridized carbons (Fsp3) is 0.889. The summed E-state index contributed by atoms with van der Waals surface area (Å²) in [6, 6.07) is 0. The van der Waals surface area contributed by atoms with Crippen LogP contribution in [-0.2, 0) is 14.3 Å². The van der Waals surface area contributed by atoms with Gasteiger partial charge in [-0.1, -0.05) is 0 Å². The van der Waals surface area contributed by atoms with Gasteiger partial charge in [0.2, 0.25) is 0 Å². The molecule has 0 amide bonds. The fourth-order valence-corrected chi connectivity index (χ4v) is 1.04. The Hall–Kier alpha value is -0.690. The number of hydrogen-bond acceptors (Lipinski definition) is 5. The molecule has 6 heteroatoms. The third-order valence-corrected chi connectivity index (χ3v) is 1.76. The molecule has 15 heavy (non-hydrogen) atoms. The summed E-state index contributed by atoms with van der Waals surface area (Å²) in [5, 5.41) is 17.1. The Bertz CT molecular complexity index is 165. The van der Waals surface area contributed by atoms with Gasteiger partial charge in [0.05, 0.1) is 33.0 Å². The molecule has 0 aromatic carbocycles. The molecule has 2 N–H and O–H groups in total. The zero-order valence-electron chi connectivity index (χ0n) is 9.02.